The van der Waals surface area contributed by atoms with E-state index in [2.05, 4.69) is 15.3 Å². The van der Waals surface area contributed by atoms with Crippen LogP contribution < -0.4 is 16.8 Å². The number of nitrogens with one attached hydrogen (secondary N) is 1. The minimum Gasteiger partial charge on any atom is -0.383 e. The maximum Gasteiger partial charge on any atom is 0.191 e. The average Bonchev–Trinajstić information content (AvgIpc) is 2.27. The number of aromatic nitrogens is 2. The fraction of sp³-hybridized carbons (Fsp3) is 0.600. The lowest BCUT2D eigenvalue weighted by Gasteiger charge is -2.21. The average molecular weight is 239 g/mol. The van der Waals surface area contributed by atoms with Gasteiger partial charge in [0.25, 0.3) is 0 Å². The van der Waals surface area contributed by atoms with Crippen molar-refractivity contribution in [1.82, 2.24) is 15.3 Å². The molecular formula is C10H17N5S. The Hall–Kier alpha value is -1.01. The fourth-order valence-electron chi connectivity index (χ4n) is 1.77. The van der Waals surface area contributed by atoms with Crippen molar-refractivity contribution in [3.63, 3.8) is 0 Å². The highest BCUT2D eigenvalue weighted by atomic mass is 32.2. The Morgan fingerprint density at radius 1 is 1.25 bits per heavy atom. The van der Waals surface area contributed by atoms with Crippen molar-refractivity contribution in [2.24, 2.45) is 5.92 Å². The van der Waals surface area contributed by atoms with Gasteiger partial charge in [-0.05, 0) is 31.8 Å². The monoisotopic (exact) mass is 239 g/mol. The third-order valence-corrected chi connectivity index (χ3v) is 3.73. The molecule has 1 aliphatic heterocycles. The molecule has 1 aliphatic rings. The Labute approximate surface area is 99.4 Å². The van der Waals surface area contributed by atoms with Crippen molar-refractivity contribution in [3.8, 4) is 0 Å². The predicted molar refractivity (Wildman–Crippen MR) is 67.2 cm³/mol. The fourth-order valence-corrected chi connectivity index (χ4v) is 2.83. The molecule has 5 nitrogen and oxygen atoms in total. The van der Waals surface area contributed by atoms with E-state index in [9.17, 15) is 0 Å². The molecule has 1 fully saturated rings. The summed E-state index contributed by atoms with van der Waals surface area (Å²) in [7, 11) is 0. The van der Waals surface area contributed by atoms with Gasteiger partial charge in [0.2, 0.25) is 0 Å². The summed E-state index contributed by atoms with van der Waals surface area (Å²) in [6, 6.07) is 1.58. The normalized spacial score (nSPS) is 17.5. The van der Waals surface area contributed by atoms with Crippen LogP contribution >= 0.6 is 11.8 Å². The molecule has 1 aromatic heterocycles. The Morgan fingerprint density at radius 3 is 2.50 bits per heavy atom. The summed E-state index contributed by atoms with van der Waals surface area (Å²) in [4.78, 5) is 8.30. The van der Waals surface area contributed by atoms with Crippen LogP contribution in [0.15, 0.2) is 11.2 Å². The quantitative estimate of drug-likeness (QED) is 0.532. The first-order chi connectivity index (χ1) is 7.74. The van der Waals surface area contributed by atoms with E-state index in [4.69, 9.17) is 11.5 Å². The molecule has 0 aliphatic carbocycles. The van der Waals surface area contributed by atoms with Gasteiger partial charge in [0.1, 0.15) is 11.6 Å². The van der Waals surface area contributed by atoms with Crippen LogP contribution in [0.4, 0.5) is 11.6 Å². The van der Waals surface area contributed by atoms with E-state index >= 15 is 0 Å². The molecule has 2 heterocycles. The molecule has 0 radical (unpaired) electrons. The third kappa shape index (κ3) is 3.24. The predicted octanol–water partition coefficient (Wildman–Crippen LogP) is 0.733. The largest absolute Gasteiger partial charge is 0.383 e. The van der Waals surface area contributed by atoms with E-state index < -0.39 is 0 Å². The highest BCUT2D eigenvalue weighted by Crippen LogP contribution is 2.23. The number of nitrogens with two attached hydrogens (primary N) is 2. The zero-order valence-electron chi connectivity index (χ0n) is 9.15. The molecule has 0 spiro atoms. The molecule has 2 rings (SSSR count). The summed E-state index contributed by atoms with van der Waals surface area (Å²) in [5, 5.41) is 4.04. The molecule has 0 saturated carbocycles. The van der Waals surface area contributed by atoms with Crippen LogP contribution in [-0.2, 0) is 0 Å². The van der Waals surface area contributed by atoms with E-state index in [1.165, 1.54) is 12.8 Å². The van der Waals surface area contributed by atoms with Crippen molar-refractivity contribution < 1.29 is 0 Å². The van der Waals surface area contributed by atoms with E-state index in [-0.39, 0.29) is 0 Å². The first kappa shape index (κ1) is 11.5. The minimum atomic E-state index is 0.445. The molecule has 1 saturated heterocycles. The SMILES string of the molecule is Nc1cc(N)nc(SCC2CCNCC2)n1. The molecule has 0 atom stereocenters. The summed E-state index contributed by atoms with van der Waals surface area (Å²) >= 11 is 1.65. The summed E-state index contributed by atoms with van der Waals surface area (Å²) in [6.07, 6.45) is 2.45. The van der Waals surface area contributed by atoms with Crippen molar-refractivity contribution in [2.75, 3.05) is 30.3 Å². The van der Waals surface area contributed by atoms with Crippen LogP contribution in [0.2, 0.25) is 0 Å². The Kier molecular flexibility index (Phi) is 3.84. The van der Waals surface area contributed by atoms with Gasteiger partial charge in [-0.2, -0.15) is 0 Å². The molecule has 0 unspecified atom stereocenters. The maximum atomic E-state index is 5.61. The third-order valence-electron chi connectivity index (χ3n) is 2.65. The highest BCUT2D eigenvalue weighted by molar-refractivity contribution is 7.99. The highest BCUT2D eigenvalue weighted by Gasteiger charge is 2.14. The number of rotatable bonds is 3. The number of hydrogen-bond acceptors (Lipinski definition) is 6. The second kappa shape index (κ2) is 5.36. The van der Waals surface area contributed by atoms with Gasteiger partial charge < -0.3 is 16.8 Å². The Morgan fingerprint density at radius 2 is 1.88 bits per heavy atom. The smallest absolute Gasteiger partial charge is 0.191 e. The zero-order chi connectivity index (χ0) is 11.4. The van der Waals surface area contributed by atoms with E-state index in [0.717, 1.165) is 24.8 Å². The van der Waals surface area contributed by atoms with Crippen molar-refractivity contribution >= 4 is 23.4 Å². The number of anilines is 2. The molecule has 88 valence electrons. The number of hydrogen-bond donors (Lipinski definition) is 3. The minimum absolute atomic E-state index is 0.445. The molecule has 0 amide bonds. The first-order valence-corrected chi connectivity index (χ1v) is 6.46. The molecule has 1 aromatic rings. The molecule has 5 N–H and O–H groups in total. The van der Waals surface area contributed by atoms with E-state index in [1.54, 1.807) is 17.8 Å². The Balaban J connectivity index is 1.88. The second-order valence-corrected chi connectivity index (χ2v) is 4.99. The lowest BCUT2D eigenvalue weighted by atomic mass is 10.0. The van der Waals surface area contributed by atoms with Gasteiger partial charge >= 0.3 is 0 Å². The van der Waals surface area contributed by atoms with Gasteiger partial charge in [0, 0.05) is 11.8 Å². The summed E-state index contributed by atoms with van der Waals surface area (Å²) < 4.78 is 0. The number of piperidine rings is 1. The molecule has 0 aromatic carbocycles. The Bertz CT molecular complexity index is 331. The summed E-state index contributed by atoms with van der Waals surface area (Å²) in [5.74, 6) is 2.68. The van der Waals surface area contributed by atoms with E-state index in [0.29, 0.717) is 16.8 Å². The van der Waals surface area contributed by atoms with E-state index in [1.807, 2.05) is 0 Å². The van der Waals surface area contributed by atoms with Gasteiger partial charge in [0.05, 0.1) is 0 Å². The van der Waals surface area contributed by atoms with Crippen molar-refractivity contribution in [1.29, 1.82) is 0 Å². The van der Waals surface area contributed by atoms with Gasteiger partial charge in [-0.3, -0.25) is 0 Å². The van der Waals surface area contributed by atoms with Crippen LogP contribution in [0.1, 0.15) is 12.8 Å². The summed E-state index contributed by atoms with van der Waals surface area (Å²) in [5.41, 5.74) is 11.2. The van der Waals surface area contributed by atoms with Gasteiger partial charge in [0.15, 0.2) is 5.16 Å². The molecule has 0 bridgehead atoms. The van der Waals surface area contributed by atoms with Gasteiger partial charge in [-0.15, -0.1) is 0 Å². The lowest BCUT2D eigenvalue weighted by molar-refractivity contribution is 0.407. The van der Waals surface area contributed by atoms with Gasteiger partial charge in [-0.1, -0.05) is 11.8 Å². The standard InChI is InChI=1S/C10H17N5S/c11-8-5-9(12)15-10(14-8)16-6-7-1-3-13-4-2-7/h5,7,13H,1-4,6H2,(H4,11,12,14,15). The zero-order valence-corrected chi connectivity index (χ0v) is 9.96. The topological polar surface area (TPSA) is 89.9 Å². The number of thioether (sulfide) groups is 1. The van der Waals surface area contributed by atoms with Crippen LogP contribution in [0, 0.1) is 5.92 Å². The van der Waals surface area contributed by atoms with Crippen LogP contribution in [0.25, 0.3) is 0 Å². The maximum absolute atomic E-state index is 5.61. The molecular weight excluding hydrogens is 222 g/mol. The van der Waals surface area contributed by atoms with Crippen LogP contribution in [0.5, 0.6) is 0 Å². The van der Waals surface area contributed by atoms with Crippen molar-refractivity contribution in [3.05, 3.63) is 6.07 Å². The first-order valence-electron chi connectivity index (χ1n) is 5.47. The molecule has 6 heteroatoms. The number of nitrogens with zero attached hydrogens (tertiary/aromatic N) is 2. The van der Waals surface area contributed by atoms with Crippen LogP contribution in [-0.4, -0.2) is 28.8 Å². The number of nitrogen functional groups attached to an aromatic ring is 2. The summed E-state index contributed by atoms with van der Waals surface area (Å²) in [6.45, 7) is 2.23. The van der Waals surface area contributed by atoms with Crippen LogP contribution in [0.3, 0.4) is 0 Å². The van der Waals surface area contributed by atoms with Crippen molar-refractivity contribution in [2.45, 2.75) is 18.0 Å². The molecule has 16 heavy (non-hydrogen) atoms. The lowest BCUT2D eigenvalue weighted by Crippen LogP contribution is -2.28. The van der Waals surface area contributed by atoms with Gasteiger partial charge in [-0.25, -0.2) is 9.97 Å². The second-order valence-electron chi connectivity index (χ2n) is 4.00.